The Kier molecular flexibility index (Phi) is 9.23. The van der Waals surface area contributed by atoms with Crippen molar-refractivity contribution in [3.8, 4) is 11.5 Å². The first kappa shape index (κ1) is 23.3. The summed E-state index contributed by atoms with van der Waals surface area (Å²) in [5.74, 6) is 1.82. The highest BCUT2D eigenvalue weighted by Gasteiger charge is 2.24. The Hall–Kier alpha value is -1.36. The van der Waals surface area contributed by atoms with Crippen LogP contribution in [0, 0.1) is 13.1 Å². The summed E-state index contributed by atoms with van der Waals surface area (Å²) in [6.07, 6.45) is 4.22. The molecule has 3 rings (SSSR count). The summed E-state index contributed by atoms with van der Waals surface area (Å²) in [6.45, 7) is 0.141. The van der Waals surface area contributed by atoms with E-state index in [2.05, 4.69) is 50.5 Å². The van der Waals surface area contributed by atoms with Crippen LogP contribution in [-0.2, 0) is 9.59 Å². The van der Waals surface area contributed by atoms with Gasteiger partial charge in [0.05, 0.1) is 0 Å². The molecule has 0 spiro atoms. The third-order valence-electron chi connectivity index (χ3n) is 5.13. The van der Waals surface area contributed by atoms with Crippen LogP contribution in [0.1, 0.15) is 32.1 Å². The number of ketones is 1. The Balaban J connectivity index is 1.31. The van der Waals surface area contributed by atoms with Crippen molar-refractivity contribution in [2.24, 2.45) is 5.92 Å². The van der Waals surface area contributed by atoms with Gasteiger partial charge in [-0.2, -0.15) is 0 Å². The lowest BCUT2D eigenvalue weighted by atomic mass is 9.83. The molecule has 0 unspecified atom stereocenters. The molecule has 5 nitrogen and oxygen atoms in total. The molecular weight excluding hydrogens is 608 g/mol. The highest BCUT2D eigenvalue weighted by atomic mass is 127. The summed E-state index contributed by atoms with van der Waals surface area (Å²) in [7, 11) is 0. The molecule has 160 valence electrons. The first-order chi connectivity index (χ1) is 14.5. The number of hydrogen-bond donors (Lipinski definition) is 1. The summed E-state index contributed by atoms with van der Waals surface area (Å²) in [5.41, 5.74) is 0. The van der Waals surface area contributed by atoms with Gasteiger partial charge in [0.15, 0.2) is 12.4 Å². The summed E-state index contributed by atoms with van der Waals surface area (Å²) < 4.78 is 13.4. The predicted molar refractivity (Wildman–Crippen MR) is 133 cm³/mol. The fourth-order valence-corrected chi connectivity index (χ4v) is 4.25. The van der Waals surface area contributed by atoms with Crippen molar-refractivity contribution < 1.29 is 19.1 Å². The molecule has 0 bridgehead atoms. The van der Waals surface area contributed by atoms with Gasteiger partial charge in [-0.05, 0) is 125 Å². The quantitative estimate of drug-likeness (QED) is 0.396. The van der Waals surface area contributed by atoms with Gasteiger partial charge in [0, 0.05) is 19.6 Å². The molecule has 7 heteroatoms. The number of ether oxygens (including phenoxy) is 2. The average Bonchev–Trinajstić information content (AvgIpc) is 2.74. The van der Waals surface area contributed by atoms with E-state index in [1.807, 2.05) is 48.5 Å². The van der Waals surface area contributed by atoms with E-state index in [4.69, 9.17) is 9.47 Å². The number of Topliss-reactive ketones (excluding diaryl/α,β-unsaturated/α-hetero) is 1. The largest absolute Gasteiger partial charge is 0.486 e. The van der Waals surface area contributed by atoms with Crippen molar-refractivity contribution in [2.75, 3.05) is 13.2 Å². The lowest BCUT2D eigenvalue weighted by Crippen LogP contribution is -2.40. The van der Waals surface area contributed by atoms with Crippen molar-refractivity contribution >= 4 is 56.9 Å². The minimum Gasteiger partial charge on any atom is -0.486 e. The van der Waals surface area contributed by atoms with Gasteiger partial charge in [0.2, 0.25) is 0 Å². The van der Waals surface area contributed by atoms with Crippen molar-refractivity contribution in [1.82, 2.24) is 5.32 Å². The van der Waals surface area contributed by atoms with Gasteiger partial charge in [-0.3, -0.25) is 9.59 Å². The molecule has 0 aliphatic heterocycles. The summed E-state index contributed by atoms with van der Waals surface area (Å²) in [5, 5.41) is 3.05. The van der Waals surface area contributed by atoms with Crippen LogP contribution in [0.3, 0.4) is 0 Å². The maximum atomic E-state index is 12.2. The molecule has 0 aromatic heterocycles. The molecule has 1 saturated carbocycles. The molecule has 30 heavy (non-hydrogen) atoms. The van der Waals surface area contributed by atoms with Gasteiger partial charge in [0.1, 0.15) is 18.1 Å². The second-order valence-electron chi connectivity index (χ2n) is 7.51. The fourth-order valence-electron chi connectivity index (χ4n) is 3.54. The Labute approximate surface area is 204 Å². The number of hydrogen-bond acceptors (Lipinski definition) is 4. The lowest BCUT2D eigenvalue weighted by Gasteiger charge is -2.28. The van der Waals surface area contributed by atoms with Crippen molar-refractivity contribution in [3.63, 3.8) is 0 Å². The molecule has 1 aliphatic carbocycles. The molecule has 0 saturated heterocycles. The fraction of sp³-hybridized carbons (Fsp3) is 0.391. The minimum atomic E-state index is -0.0981. The van der Waals surface area contributed by atoms with Crippen molar-refractivity contribution in [3.05, 3.63) is 55.7 Å². The maximum absolute atomic E-state index is 12.2. The van der Waals surface area contributed by atoms with E-state index in [9.17, 15) is 9.59 Å². The standard InChI is InChI=1S/C23H25I2NO4/c24-17-3-9-21(10-4-17)29-14-20(27)13-16-1-7-19(8-2-16)26-23(28)15-30-22-11-5-18(25)6-12-22/h3-6,9-12,16,19H,1-2,7-8,13-15H2,(H,26,28). The van der Waals surface area contributed by atoms with Gasteiger partial charge >= 0.3 is 0 Å². The molecule has 1 amide bonds. The van der Waals surface area contributed by atoms with Gasteiger partial charge in [-0.15, -0.1) is 0 Å². The molecule has 1 aliphatic rings. The molecule has 2 aromatic rings. The summed E-state index contributed by atoms with van der Waals surface area (Å²) in [4.78, 5) is 24.4. The number of amides is 1. The highest BCUT2D eigenvalue weighted by molar-refractivity contribution is 14.1. The molecule has 1 N–H and O–H groups in total. The van der Waals surface area contributed by atoms with Crippen LogP contribution in [0.5, 0.6) is 11.5 Å². The Morgan fingerprint density at radius 3 is 1.83 bits per heavy atom. The zero-order valence-corrected chi connectivity index (χ0v) is 20.9. The molecule has 0 atom stereocenters. The van der Waals surface area contributed by atoms with E-state index in [1.54, 1.807) is 0 Å². The molecule has 0 radical (unpaired) electrons. The van der Waals surface area contributed by atoms with Crippen LogP contribution in [0.15, 0.2) is 48.5 Å². The second-order valence-corrected chi connectivity index (χ2v) is 10.0. The highest BCUT2D eigenvalue weighted by Crippen LogP contribution is 2.27. The monoisotopic (exact) mass is 633 g/mol. The topological polar surface area (TPSA) is 64.6 Å². The van der Waals surface area contributed by atoms with Gasteiger partial charge in [-0.25, -0.2) is 0 Å². The predicted octanol–water partition coefficient (Wildman–Crippen LogP) is 4.99. The van der Waals surface area contributed by atoms with E-state index >= 15 is 0 Å². The first-order valence-electron chi connectivity index (χ1n) is 10.1. The number of halogens is 2. The number of carbonyl (C=O) groups excluding carboxylic acids is 2. The SMILES string of the molecule is O=C(COc1ccc(I)cc1)CC1CCC(NC(=O)COc2ccc(I)cc2)CC1. The summed E-state index contributed by atoms with van der Waals surface area (Å²) >= 11 is 4.46. The van der Waals surface area contributed by atoms with Crippen LogP contribution in [0.2, 0.25) is 0 Å². The number of nitrogens with one attached hydrogen (secondary N) is 1. The zero-order chi connectivity index (χ0) is 21.3. The van der Waals surface area contributed by atoms with Gasteiger partial charge < -0.3 is 14.8 Å². The van der Waals surface area contributed by atoms with E-state index in [-0.39, 0.29) is 30.9 Å². The van der Waals surface area contributed by atoms with Gasteiger partial charge in [0.25, 0.3) is 5.91 Å². The van der Waals surface area contributed by atoms with Crippen LogP contribution < -0.4 is 14.8 Å². The number of rotatable bonds is 9. The van der Waals surface area contributed by atoms with Crippen LogP contribution in [-0.4, -0.2) is 30.9 Å². The molecular formula is C23H25I2NO4. The Bertz CT molecular complexity index is 760. The maximum Gasteiger partial charge on any atom is 0.258 e. The molecule has 0 heterocycles. The Morgan fingerprint density at radius 1 is 0.800 bits per heavy atom. The Morgan fingerprint density at radius 2 is 1.30 bits per heavy atom. The van der Waals surface area contributed by atoms with E-state index in [0.29, 0.717) is 18.1 Å². The summed E-state index contributed by atoms with van der Waals surface area (Å²) in [6, 6.07) is 15.5. The zero-order valence-electron chi connectivity index (χ0n) is 16.6. The van der Waals surface area contributed by atoms with Crippen LogP contribution in [0.4, 0.5) is 0 Å². The average molecular weight is 633 g/mol. The van der Waals surface area contributed by atoms with E-state index in [1.165, 1.54) is 0 Å². The third kappa shape index (κ3) is 8.05. The van der Waals surface area contributed by atoms with Crippen molar-refractivity contribution in [2.45, 2.75) is 38.1 Å². The first-order valence-corrected chi connectivity index (χ1v) is 12.2. The lowest BCUT2D eigenvalue weighted by molar-refractivity contribution is -0.125. The minimum absolute atomic E-state index is 0.0227. The third-order valence-corrected chi connectivity index (χ3v) is 6.56. The second kappa shape index (κ2) is 11.9. The normalized spacial score (nSPS) is 18.5. The van der Waals surface area contributed by atoms with Crippen LogP contribution in [0.25, 0.3) is 0 Å². The molecule has 2 aromatic carbocycles. The van der Waals surface area contributed by atoms with E-state index < -0.39 is 0 Å². The van der Waals surface area contributed by atoms with E-state index in [0.717, 1.165) is 38.6 Å². The number of carbonyl (C=O) groups is 2. The number of benzene rings is 2. The van der Waals surface area contributed by atoms with Crippen molar-refractivity contribution in [1.29, 1.82) is 0 Å². The van der Waals surface area contributed by atoms with Crippen LogP contribution >= 0.6 is 45.2 Å². The smallest absolute Gasteiger partial charge is 0.258 e. The van der Waals surface area contributed by atoms with Gasteiger partial charge in [-0.1, -0.05) is 0 Å². The molecule has 1 fully saturated rings.